The van der Waals surface area contributed by atoms with Crippen molar-refractivity contribution in [2.45, 2.75) is 161 Å². The summed E-state index contributed by atoms with van der Waals surface area (Å²) < 4.78 is 0. The van der Waals surface area contributed by atoms with Crippen molar-refractivity contribution < 1.29 is 0 Å². The van der Waals surface area contributed by atoms with E-state index in [1.54, 1.807) is 6.04 Å². The molecular formula is C26H55Si. The second-order valence-electron chi connectivity index (χ2n) is 9.17. The summed E-state index contributed by atoms with van der Waals surface area (Å²) in [6.45, 7) is 11.3. The molecule has 0 nitrogen and oxygen atoms in total. The van der Waals surface area contributed by atoms with E-state index in [9.17, 15) is 0 Å². The Morgan fingerprint density at radius 3 is 0.926 bits per heavy atom. The van der Waals surface area contributed by atoms with E-state index in [0.717, 1.165) is 6.42 Å². The zero-order chi connectivity index (χ0) is 20.1. The summed E-state index contributed by atoms with van der Waals surface area (Å²) in [6.07, 6.45) is 26.1. The summed E-state index contributed by atoms with van der Waals surface area (Å²) in [7, 11) is -0.830. The average molecular weight is 396 g/mol. The van der Waals surface area contributed by atoms with Gasteiger partial charge >= 0.3 is 0 Å². The summed E-state index contributed by atoms with van der Waals surface area (Å²) in [5.41, 5.74) is 0. The molecule has 0 aliphatic heterocycles. The lowest BCUT2D eigenvalue weighted by molar-refractivity contribution is 0.527. The van der Waals surface area contributed by atoms with Crippen LogP contribution in [0.25, 0.3) is 0 Å². The van der Waals surface area contributed by atoms with Gasteiger partial charge in [-0.2, -0.15) is 0 Å². The van der Waals surface area contributed by atoms with Crippen LogP contribution in [-0.2, 0) is 0 Å². The van der Waals surface area contributed by atoms with Gasteiger partial charge in [-0.25, -0.2) is 0 Å². The highest BCUT2D eigenvalue weighted by atomic mass is 28.3. The lowest BCUT2D eigenvalue weighted by Gasteiger charge is -2.28. The van der Waals surface area contributed by atoms with Crippen LogP contribution in [0, 0.1) is 6.92 Å². The molecule has 0 bridgehead atoms. The van der Waals surface area contributed by atoms with E-state index in [0.29, 0.717) is 0 Å². The van der Waals surface area contributed by atoms with Crippen LogP contribution in [0.3, 0.4) is 0 Å². The molecule has 0 saturated heterocycles. The van der Waals surface area contributed by atoms with Crippen molar-refractivity contribution in [3.8, 4) is 0 Å². The maximum Gasteiger partial charge on any atom is 0.0527 e. The lowest BCUT2D eigenvalue weighted by Crippen LogP contribution is -2.30. The molecule has 1 heteroatoms. The molecular weight excluding hydrogens is 340 g/mol. The van der Waals surface area contributed by atoms with E-state index < -0.39 is 8.07 Å². The van der Waals surface area contributed by atoms with Gasteiger partial charge in [0.1, 0.15) is 0 Å². The minimum Gasteiger partial charge on any atom is -0.0678 e. The fraction of sp³-hybridized carbons (Fsp3) is 0.962. The van der Waals surface area contributed by atoms with Gasteiger partial charge in [0, 0.05) is 0 Å². The van der Waals surface area contributed by atoms with Crippen molar-refractivity contribution in [1.29, 1.82) is 0 Å². The quantitative estimate of drug-likeness (QED) is 0.126. The third-order valence-electron chi connectivity index (χ3n) is 7.21. The van der Waals surface area contributed by atoms with E-state index >= 15 is 0 Å². The Morgan fingerprint density at radius 1 is 0.407 bits per heavy atom. The van der Waals surface area contributed by atoms with Gasteiger partial charge < -0.3 is 0 Å². The first-order chi connectivity index (χ1) is 13.2. The number of hydrogen-bond donors (Lipinski definition) is 0. The molecule has 0 rings (SSSR count). The van der Waals surface area contributed by atoms with Gasteiger partial charge in [0.25, 0.3) is 0 Å². The smallest absolute Gasteiger partial charge is 0.0527 e. The van der Waals surface area contributed by atoms with Crippen LogP contribution in [0.2, 0.25) is 24.2 Å². The highest BCUT2D eigenvalue weighted by Gasteiger charge is 2.25. The molecule has 0 aliphatic carbocycles. The van der Waals surface area contributed by atoms with E-state index in [1.165, 1.54) is 127 Å². The summed E-state index contributed by atoms with van der Waals surface area (Å²) in [5, 5.41) is 0. The molecule has 0 unspecified atom stereocenters. The molecule has 0 aromatic heterocycles. The second-order valence-corrected chi connectivity index (χ2v) is 14.8. The third kappa shape index (κ3) is 16.8. The first-order valence-electron chi connectivity index (χ1n) is 13.0. The number of unbranched alkanes of at least 4 members (excludes halogenated alkanes) is 17. The van der Waals surface area contributed by atoms with Crippen molar-refractivity contribution in [2.24, 2.45) is 0 Å². The molecule has 0 aliphatic rings. The van der Waals surface area contributed by atoms with Crippen molar-refractivity contribution in [3.05, 3.63) is 6.92 Å². The van der Waals surface area contributed by atoms with Crippen LogP contribution in [0.4, 0.5) is 0 Å². The van der Waals surface area contributed by atoms with Crippen LogP contribution in [0.15, 0.2) is 0 Å². The van der Waals surface area contributed by atoms with E-state index in [-0.39, 0.29) is 0 Å². The van der Waals surface area contributed by atoms with Crippen molar-refractivity contribution >= 4 is 8.07 Å². The predicted molar refractivity (Wildman–Crippen MR) is 130 cm³/mol. The molecule has 0 aromatic carbocycles. The Bertz CT molecular complexity index is 261. The van der Waals surface area contributed by atoms with Gasteiger partial charge in [-0.05, 0) is 0 Å². The highest BCUT2D eigenvalue weighted by Crippen LogP contribution is 2.27. The summed E-state index contributed by atoms with van der Waals surface area (Å²) in [5.74, 6) is 0. The average Bonchev–Trinajstić information content (AvgIpc) is 2.70. The highest BCUT2D eigenvalue weighted by molar-refractivity contribution is 6.79. The van der Waals surface area contributed by atoms with Gasteiger partial charge in [-0.15, -0.1) is 0 Å². The third-order valence-corrected chi connectivity index (χ3v) is 13.1. The fourth-order valence-corrected chi connectivity index (χ4v) is 8.17. The van der Waals surface area contributed by atoms with Crippen LogP contribution in [-0.4, -0.2) is 8.07 Å². The Labute approximate surface area is 175 Å². The van der Waals surface area contributed by atoms with Crippen LogP contribution >= 0.6 is 0 Å². The van der Waals surface area contributed by atoms with Crippen molar-refractivity contribution in [1.82, 2.24) is 0 Å². The standard InChI is InChI=1S/C26H55Si/c1-5-9-10-11-12-13-14-15-16-17-18-19-20-21-22-23-24-25-26-27(6-2,7-3)8-4/h1,5-26H2,2-4H3. The number of rotatable bonds is 22. The van der Waals surface area contributed by atoms with Crippen LogP contribution < -0.4 is 0 Å². The minimum atomic E-state index is -0.830. The molecule has 1 radical (unpaired) electrons. The first-order valence-corrected chi connectivity index (χ1v) is 15.9. The maximum atomic E-state index is 3.91. The molecule has 0 N–H and O–H groups in total. The molecule has 0 atom stereocenters. The molecule has 0 amide bonds. The predicted octanol–water partition coefficient (Wildman–Crippen LogP) is 10.4. The normalized spacial score (nSPS) is 12.0. The second kappa shape index (κ2) is 20.9. The number of hydrogen-bond acceptors (Lipinski definition) is 0. The molecule has 0 spiro atoms. The van der Waals surface area contributed by atoms with Gasteiger partial charge in [0.15, 0.2) is 0 Å². The van der Waals surface area contributed by atoms with Crippen LogP contribution in [0.1, 0.15) is 136 Å². The van der Waals surface area contributed by atoms with Crippen molar-refractivity contribution in [2.75, 3.05) is 0 Å². The molecule has 0 aromatic rings. The van der Waals surface area contributed by atoms with E-state index in [2.05, 4.69) is 27.7 Å². The minimum absolute atomic E-state index is 0.830. The van der Waals surface area contributed by atoms with Gasteiger partial charge in [0.05, 0.1) is 8.07 Å². The zero-order valence-electron chi connectivity index (χ0n) is 19.8. The van der Waals surface area contributed by atoms with Gasteiger partial charge in [0.2, 0.25) is 0 Å². The van der Waals surface area contributed by atoms with Crippen molar-refractivity contribution in [3.63, 3.8) is 0 Å². The van der Waals surface area contributed by atoms with Gasteiger partial charge in [-0.3, -0.25) is 0 Å². The first kappa shape index (κ1) is 27.2. The molecule has 0 heterocycles. The summed E-state index contributed by atoms with van der Waals surface area (Å²) in [6, 6.07) is 6.14. The Morgan fingerprint density at radius 2 is 0.667 bits per heavy atom. The summed E-state index contributed by atoms with van der Waals surface area (Å²) in [4.78, 5) is 0. The lowest BCUT2D eigenvalue weighted by atomic mass is 10.0. The zero-order valence-corrected chi connectivity index (χ0v) is 20.8. The van der Waals surface area contributed by atoms with E-state index in [4.69, 9.17) is 0 Å². The topological polar surface area (TPSA) is 0 Å². The Kier molecular flexibility index (Phi) is 21.1. The Hall–Kier alpha value is 0.217. The van der Waals surface area contributed by atoms with Gasteiger partial charge in [-0.1, -0.05) is 167 Å². The molecule has 163 valence electrons. The molecule has 0 fully saturated rings. The molecule has 27 heavy (non-hydrogen) atoms. The molecule has 0 saturated carbocycles. The van der Waals surface area contributed by atoms with Crippen LogP contribution in [0.5, 0.6) is 0 Å². The maximum absolute atomic E-state index is 3.91. The van der Waals surface area contributed by atoms with E-state index in [1.807, 2.05) is 0 Å². The summed E-state index contributed by atoms with van der Waals surface area (Å²) >= 11 is 0. The monoisotopic (exact) mass is 395 g/mol. The SMILES string of the molecule is [CH2]CCCCCCCCCCCCCCCCCCC[Si](CC)(CC)CC. The fourth-order valence-electron chi connectivity index (χ4n) is 4.61. The Balaban J connectivity index is 3.19. The largest absolute Gasteiger partial charge is 0.0678 e.